The van der Waals surface area contributed by atoms with E-state index in [2.05, 4.69) is 43.7 Å². The second-order valence-electron chi connectivity index (χ2n) is 7.04. The molecule has 1 aromatic carbocycles. The first-order valence-corrected chi connectivity index (χ1v) is 10.9. The van der Waals surface area contributed by atoms with E-state index in [0.29, 0.717) is 12.1 Å². The van der Waals surface area contributed by atoms with Gasteiger partial charge >= 0.3 is 5.76 Å². The van der Waals surface area contributed by atoms with Crippen molar-refractivity contribution in [2.24, 2.45) is 5.92 Å². The lowest BCUT2D eigenvalue weighted by Crippen LogP contribution is -2.35. The van der Waals surface area contributed by atoms with Gasteiger partial charge < -0.3 is 9.32 Å². The van der Waals surface area contributed by atoms with Crippen molar-refractivity contribution in [2.75, 3.05) is 19.6 Å². The normalized spacial score (nSPS) is 16.8. The molecule has 138 valence electrons. The highest BCUT2D eigenvalue weighted by Crippen LogP contribution is 2.28. The highest BCUT2D eigenvalue weighted by atomic mass is 79.9. The summed E-state index contributed by atoms with van der Waals surface area (Å²) < 4.78 is 8.90. The first-order valence-electron chi connectivity index (χ1n) is 9.29. The number of aryl methyl sites for hydroxylation is 1. The topological polar surface area (TPSA) is 38.4 Å². The van der Waals surface area contributed by atoms with Crippen LogP contribution >= 0.6 is 31.9 Å². The lowest BCUT2D eigenvalue weighted by molar-refractivity contribution is 0.173. The Bertz CT molecular complexity index is 761. The van der Waals surface area contributed by atoms with E-state index >= 15 is 0 Å². The Hall–Kier alpha value is -0.590. The number of likely N-dealkylation sites (tertiary alicyclic amines) is 1. The largest absolute Gasteiger partial charge is 0.419 e. The summed E-state index contributed by atoms with van der Waals surface area (Å²) in [6.45, 7) is 6.42. The standard InChI is InChI=1S/C19H26Br2N2O2/c1-2-3-5-14-6-10-22(11-7-14)8-4-9-23-17-13-15(20)12-16(21)18(17)25-19(23)24/h12-14H,2-11H2,1H3. The first-order chi connectivity index (χ1) is 12.1. The fourth-order valence-corrected chi connectivity index (χ4v) is 5.03. The molecule has 1 saturated heterocycles. The maximum Gasteiger partial charge on any atom is 0.419 e. The molecular weight excluding hydrogens is 448 g/mol. The molecule has 3 rings (SSSR count). The summed E-state index contributed by atoms with van der Waals surface area (Å²) in [5.41, 5.74) is 1.48. The second-order valence-corrected chi connectivity index (χ2v) is 8.81. The van der Waals surface area contributed by atoms with Crippen molar-refractivity contribution in [2.45, 2.75) is 52.0 Å². The minimum atomic E-state index is -0.271. The van der Waals surface area contributed by atoms with Crippen molar-refractivity contribution in [3.05, 3.63) is 31.6 Å². The van der Waals surface area contributed by atoms with E-state index in [1.165, 1.54) is 45.2 Å². The number of aromatic nitrogens is 1. The Balaban J connectivity index is 1.54. The van der Waals surface area contributed by atoms with Gasteiger partial charge in [-0.25, -0.2) is 4.79 Å². The van der Waals surface area contributed by atoms with Gasteiger partial charge in [-0.05, 0) is 72.9 Å². The Labute approximate surface area is 165 Å². The number of benzene rings is 1. The molecule has 1 aromatic heterocycles. The molecule has 0 bridgehead atoms. The SMILES string of the molecule is CCCCC1CCN(CCCn2c(=O)oc3c(Br)cc(Br)cc32)CC1. The number of unbranched alkanes of at least 4 members (excludes halogenated alkanes) is 1. The Morgan fingerprint density at radius 1 is 1.16 bits per heavy atom. The smallest absolute Gasteiger partial charge is 0.406 e. The number of hydrogen-bond donors (Lipinski definition) is 0. The number of hydrogen-bond acceptors (Lipinski definition) is 3. The summed E-state index contributed by atoms with van der Waals surface area (Å²) in [6.07, 6.45) is 7.69. The molecule has 0 atom stereocenters. The van der Waals surface area contributed by atoms with Crippen LogP contribution in [-0.4, -0.2) is 29.1 Å². The lowest BCUT2D eigenvalue weighted by Gasteiger charge is -2.31. The second kappa shape index (κ2) is 8.87. The van der Waals surface area contributed by atoms with Crippen LogP contribution in [0.1, 0.15) is 45.4 Å². The van der Waals surface area contributed by atoms with Crippen LogP contribution in [0.5, 0.6) is 0 Å². The number of piperidine rings is 1. The molecule has 0 amide bonds. The average molecular weight is 474 g/mol. The maximum atomic E-state index is 12.2. The molecule has 25 heavy (non-hydrogen) atoms. The summed E-state index contributed by atoms with van der Waals surface area (Å²) >= 11 is 6.95. The third-order valence-electron chi connectivity index (χ3n) is 5.22. The predicted molar refractivity (Wildman–Crippen MR) is 109 cm³/mol. The van der Waals surface area contributed by atoms with E-state index in [1.54, 1.807) is 4.57 Å². The Morgan fingerprint density at radius 3 is 2.64 bits per heavy atom. The molecule has 0 radical (unpaired) electrons. The van der Waals surface area contributed by atoms with Crippen LogP contribution in [0, 0.1) is 5.92 Å². The molecule has 1 fully saturated rings. The van der Waals surface area contributed by atoms with Gasteiger partial charge in [-0.2, -0.15) is 0 Å². The van der Waals surface area contributed by atoms with Gasteiger partial charge in [0, 0.05) is 11.0 Å². The van der Waals surface area contributed by atoms with Crippen molar-refractivity contribution < 1.29 is 4.42 Å². The van der Waals surface area contributed by atoms with Crippen molar-refractivity contribution in [3.63, 3.8) is 0 Å². The molecule has 4 nitrogen and oxygen atoms in total. The highest BCUT2D eigenvalue weighted by molar-refractivity contribution is 9.11. The molecule has 0 spiro atoms. The fourth-order valence-electron chi connectivity index (χ4n) is 3.74. The first kappa shape index (κ1) is 19.2. The summed E-state index contributed by atoms with van der Waals surface area (Å²) in [7, 11) is 0. The Kier molecular flexibility index (Phi) is 6.80. The van der Waals surface area contributed by atoms with Crippen molar-refractivity contribution >= 4 is 43.0 Å². The van der Waals surface area contributed by atoms with Crippen LogP contribution in [0.2, 0.25) is 0 Å². The van der Waals surface area contributed by atoms with Gasteiger partial charge in [0.15, 0.2) is 5.58 Å². The van der Waals surface area contributed by atoms with E-state index in [0.717, 1.165) is 33.3 Å². The molecule has 1 aliphatic rings. The molecule has 6 heteroatoms. The average Bonchev–Trinajstić information content (AvgIpc) is 2.91. The highest BCUT2D eigenvalue weighted by Gasteiger charge is 2.19. The summed E-state index contributed by atoms with van der Waals surface area (Å²) in [5.74, 6) is 0.651. The lowest BCUT2D eigenvalue weighted by atomic mass is 9.91. The number of halogens is 2. The van der Waals surface area contributed by atoms with Crippen molar-refractivity contribution in [1.82, 2.24) is 9.47 Å². The van der Waals surface area contributed by atoms with Crippen molar-refractivity contribution in [1.29, 1.82) is 0 Å². The number of rotatable bonds is 7. The van der Waals surface area contributed by atoms with E-state index in [-0.39, 0.29) is 5.76 Å². The van der Waals surface area contributed by atoms with Gasteiger partial charge in [-0.1, -0.05) is 42.1 Å². The number of fused-ring (bicyclic) bond motifs is 1. The van der Waals surface area contributed by atoms with Gasteiger partial charge in [-0.15, -0.1) is 0 Å². The van der Waals surface area contributed by atoms with E-state index in [4.69, 9.17) is 4.42 Å². The zero-order chi connectivity index (χ0) is 17.8. The van der Waals surface area contributed by atoms with Crippen LogP contribution in [0.15, 0.2) is 30.3 Å². The molecular formula is C19H26Br2N2O2. The minimum Gasteiger partial charge on any atom is -0.406 e. The van der Waals surface area contributed by atoms with E-state index in [9.17, 15) is 4.79 Å². The summed E-state index contributed by atoms with van der Waals surface area (Å²) in [6, 6.07) is 3.85. The molecule has 1 aliphatic heterocycles. The number of nitrogens with zero attached hydrogens (tertiary/aromatic N) is 2. The monoisotopic (exact) mass is 472 g/mol. The van der Waals surface area contributed by atoms with Crippen molar-refractivity contribution in [3.8, 4) is 0 Å². The number of oxazole rings is 1. The van der Waals surface area contributed by atoms with Crippen LogP contribution in [-0.2, 0) is 6.54 Å². The van der Waals surface area contributed by atoms with Gasteiger partial charge in [0.25, 0.3) is 0 Å². The van der Waals surface area contributed by atoms with Crippen LogP contribution in [0.4, 0.5) is 0 Å². The van der Waals surface area contributed by atoms with Gasteiger partial charge in [0.05, 0.1) is 9.99 Å². The van der Waals surface area contributed by atoms with E-state index < -0.39 is 0 Å². The van der Waals surface area contributed by atoms with Crippen LogP contribution < -0.4 is 5.76 Å². The van der Waals surface area contributed by atoms with Crippen LogP contribution in [0.3, 0.4) is 0 Å². The molecule has 2 aromatic rings. The maximum absolute atomic E-state index is 12.2. The van der Waals surface area contributed by atoms with Gasteiger partial charge in [0.2, 0.25) is 0 Å². The third-order valence-corrected chi connectivity index (χ3v) is 6.27. The Morgan fingerprint density at radius 2 is 1.92 bits per heavy atom. The molecule has 0 unspecified atom stereocenters. The molecule has 0 saturated carbocycles. The van der Waals surface area contributed by atoms with Gasteiger partial charge in [0.1, 0.15) is 0 Å². The fraction of sp³-hybridized carbons (Fsp3) is 0.632. The van der Waals surface area contributed by atoms with Crippen LogP contribution in [0.25, 0.3) is 11.1 Å². The van der Waals surface area contributed by atoms with E-state index in [1.807, 2.05) is 12.1 Å². The quantitative estimate of drug-likeness (QED) is 0.539. The zero-order valence-electron chi connectivity index (χ0n) is 14.8. The summed E-state index contributed by atoms with van der Waals surface area (Å²) in [4.78, 5) is 14.7. The molecule has 0 aliphatic carbocycles. The molecule has 2 heterocycles. The van der Waals surface area contributed by atoms with Gasteiger partial charge in [-0.3, -0.25) is 4.57 Å². The summed E-state index contributed by atoms with van der Waals surface area (Å²) in [5, 5.41) is 0. The minimum absolute atomic E-state index is 0.271. The zero-order valence-corrected chi connectivity index (χ0v) is 17.9. The predicted octanol–water partition coefficient (Wildman–Crippen LogP) is 5.41. The third kappa shape index (κ3) is 4.77. The molecule has 0 N–H and O–H groups in total.